The molecular weight excluding hydrogens is 242 g/mol. The Labute approximate surface area is 113 Å². The van der Waals surface area contributed by atoms with Gasteiger partial charge in [-0.15, -0.1) is 0 Å². The zero-order valence-electron chi connectivity index (χ0n) is 11.5. The Morgan fingerprint density at radius 1 is 1.21 bits per heavy atom. The molecule has 0 fully saturated rings. The van der Waals surface area contributed by atoms with E-state index in [1.807, 2.05) is 30.3 Å². The van der Waals surface area contributed by atoms with E-state index in [4.69, 9.17) is 13.9 Å². The summed E-state index contributed by atoms with van der Waals surface area (Å²) in [6.45, 7) is 2.88. The average molecular weight is 261 g/mol. The van der Waals surface area contributed by atoms with E-state index in [0.29, 0.717) is 0 Å². The largest absolute Gasteiger partial charge is 0.497 e. The molecule has 1 aromatic heterocycles. The molecule has 4 nitrogen and oxygen atoms in total. The second-order valence-electron chi connectivity index (χ2n) is 4.11. The van der Waals surface area contributed by atoms with Gasteiger partial charge in [-0.3, -0.25) is 0 Å². The quantitative estimate of drug-likeness (QED) is 0.868. The molecule has 1 heterocycles. The summed E-state index contributed by atoms with van der Waals surface area (Å²) in [6.07, 6.45) is 1.67. The lowest BCUT2D eigenvalue weighted by Crippen LogP contribution is -2.22. The molecule has 0 aliphatic heterocycles. The molecule has 2 rings (SSSR count). The molecule has 0 aliphatic rings. The first-order valence-electron chi connectivity index (χ1n) is 6.28. The van der Waals surface area contributed by atoms with Crippen molar-refractivity contribution >= 4 is 0 Å². The van der Waals surface area contributed by atoms with Crippen LogP contribution in [0.25, 0.3) is 0 Å². The smallest absolute Gasteiger partial charge is 0.125 e. The van der Waals surface area contributed by atoms with Gasteiger partial charge in [-0.25, -0.2) is 0 Å². The third kappa shape index (κ3) is 2.90. The van der Waals surface area contributed by atoms with E-state index >= 15 is 0 Å². The summed E-state index contributed by atoms with van der Waals surface area (Å²) in [7, 11) is 3.32. The van der Waals surface area contributed by atoms with E-state index in [1.54, 1.807) is 20.5 Å². The Balaban J connectivity index is 2.45. The van der Waals surface area contributed by atoms with Crippen LogP contribution in [0.15, 0.2) is 41.0 Å². The third-order valence-corrected chi connectivity index (χ3v) is 2.98. The van der Waals surface area contributed by atoms with Crippen LogP contribution in [-0.2, 0) is 0 Å². The van der Waals surface area contributed by atoms with Crippen LogP contribution >= 0.6 is 0 Å². The van der Waals surface area contributed by atoms with Crippen LogP contribution in [0.1, 0.15) is 24.3 Å². The first kappa shape index (κ1) is 13.5. The van der Waals surface area contributed by atoms with Crippen LogP contribution in [0.4, 0.5) is 0 Å². The number of hydrogen-bond acceptors (Lipinski definition) is 4. The van der Waals surface area contributed by atoms with Crippen LogP contribution < -0.4 is 14.8 Å². The van der Waals surface area contributed by atoms with E-state index in [-0.39, 0.29) is 6.04 Å². The molecule has 0 amide bonds. The Hall–Kier alpha value is -1.94. The molecule has 0 spiro atoms. The van der Waals surface area contributed by atoms with Gasteiger partial charge in [0.05, 0.1) is 26.5 Å². The second kappa shape index (κ2) is 6.29. The van der Waals surface area contributed by atoms with Gasteiger partial charge in [-0.05, 0) is 36.9 Å². The van der Waals surface area contributed by atoms with Crippen LogP contribution in [0.3, 0.4) is 0 Å². The highest BCUT2D eigenvalue weighted by molar-refractivity contribution is 5.44. The van der Waals surface area contributed by atoms with Crippen LogP contribution in [0, 0.1) is 0 Å². The highest BCUT2D eigenvalue weighted by atomic mass is 16.5. The standard InChI is InChI=1S/C15H19NO3/c1-4-16-15(14-6-5-9-19-14)12-10-11(17-2)7-8-13(12)18-3/h5-10,15-16H,4H2,1-3H3. The van der Waals surface area contributed by atoms with Gasteiger partial charge in [0, 0.05) is 5.56 Å². The zero-order valence-corrected chi connectivity index (χ0v) is 11.5. The summed E-state index contributed by atoms with van der Waals surface area (Å²) in [4.78, 5) is 0. The van der Waals surface area contributed by atoms with Gasteiger partial charge in [0.2, 0.25) is 0 Å². The summed E-state index contributed by atoms with van der Waals surface area (Å²) in [6, 6.07) is 9.53. The maximum Gasteiger partial charge on any atom is 0.125 e. The van der Waals surface area contributed by atoms with E-state index in [2.05, 4.69) is 12.2 Å². The highest BCUT2D eigenvalue weighted by Crippen LogP contribution is 2.33. The SMILES string of the molecule is CCNC(c1ccco1)c1cc(OC)ccc1OC. The minimum Gasteiger partial charge on any atom is -0.497 e. The molecular formula is C15H19NO3. The molecule has 0 aliphatic carbocycles. The second-order valence-corrected chi connectivity index (χ2v) is 4.11. The fourth-order valence-corrected chi connectivity index (χ4v) is 2.09. The molecule has 0 saturated heterocycles. The number of methoxy groups -OCH3 is 2. The number of benzene rings is 1. The molecule has 0 bridgehead atoms. The van der Waals surface area contributed by atoms with E-state index in [9.17, 15) is 0 Å². The van der Waals surface area contributed by atoms with Crippen molar-refractivity contribution in [3.8, 4) is 11.5 Å². The van der Waals surface area contributed by atoms with Gasteiger partial charge >= 0.3 is 0 Å². The third-order valence-electron chi connectivity index (χ3n) is 2.98. The predicted molar refractivity (Wildman–Crippen MR) is 73.8 cm³/mol. The van der Waals surface area contributed by atoms with Gasteiger partial charge < -0.3 is 19.2 Å². The van der Waals surface area contributed by atoms with Crippen molar-refractivity contribution < 1.29 is 13.9 Å². The molecule has 1 unspecified atom stereocenters. The minimum absolute atomic E-state index is 0.0509. The monoisotopic (exact) mass is 261 g/mol. The molecule has 2 aromatic rings. The van der Waals surface area contributed by atoms with Crippen molar-refractivity contribution in [2.75, 3.05) is 20.8 Å². The Morgan fingerprint density at radius 2 is 2.05 bits per heavy atom. The van der Waals surface area contributed by atoms with Gasteiger partial charge in [0.1, 0.15) is 17.3 Å². The van der Waals surface area contributed by atoms with E-state index in [0.717, 1.165) is 29.4 Å². The number of furan rings is 1. The summed E-state index contributed by atoms with van der Waals surface area (Å²) < 4.78 is 16.2. The van der Waals surface area contributed by atoms with Crippen molar-refractivity contribution in [2.24, 2.45) is 0 Å². The predicted octanol–water partition coefficient (Wildman–Crippen LogP) is 3.00. The van der Waals surface area contributed by atoms with Gasteiger partial charge in [0.15, 0.2) is 0 Å². The normalized spacial score (nSPS) is 12.2. The number of rotatable bonds is 6. The number of ether oxygens (including phenoxy) is 2. The number of nitrogens with one attached hydrogen (secondary N) is 1. The Kier molecular flexibility index (Phi) is 4.47. The summed E-state index contributed by atoms with van der Waals surface area (Å²) in [5, 5.41) is 3.40. The van der Waals surface area contributed by atoms with Crippen molar-refractivity contribution in [1.82, 2.24) is 5.32 Å². The van der Waals surface area contributed by atoms with Gasteiger partial charge in [-0.2, -0.15) is 0 Å². The first-order valence-corrected chi connectivity index (χ1v) is 6.28. The van der Waals surface area contributed by atoms with Crippen LogP contribution in [0.5, 0.6) is 11.5 Å². The van der Waals surface area contributed by atoms with Crippen LogP contribution in [-0.4, -0.2) is 20.8 Å². The molecule has 102 valence electrons. The summed E-state index contributed by atoms with van der Waals surface area (Å²) in [5.41, 5.74) is 0.999. The average Bonchev–Trinajstić information content (AvgIpc) is 2.98. The molecule has 1 atom stereocenters. The molecule has 1 aromatic carbocycles. The highest BCUT2D eigenvalue weighted by Gasteiger charge is 2.20. The van der Waals surface area contributed by atoms with Crippen molar-refractivity contribution in [2.45, 2.75) is 13.0 Å². The minimum atomic E-state index is -0.0509. The fourth-order valence-electron chi connectivity index (χ4n) is 2.09. The molecule has 4 heteroatoms. The molecule has 0 saturated carbocycles. The van der Waals surface area contributed by atoms with Gasteiger partial charge in [-0.1, -0.05) is 6.92 Å². The van der Waals surface area contributed by atoms with E-state index < -0.39 is 0 Å². The summed E-state index contributed by atoms with van der Waals surface area (Å²) >= 11 is 0. The molecule has 1 N–H and O–H groups in total. The topological polar surface area (TPSA) is 43.6 Å². The maximum atomic E-state index is 5.52. The maximum absolute atomic E-state index is 5.52. The zero-order chi connectivity index (χ0) is 13.7. The van der Waals surface area contributed by atoms with Crippen molar-refractivity contribution in [3.05, 3.63) is 47.9 Å². The fraction of sp³-hybridized carbons (Fsp3) is 0.333. The van der Waals surface area contributed by atoms with Crippen molar-refractivity contribution in [3.63, 3.8) is 0 Å². The lowest BCUT2D eigenvalue weighted by molar-refractivity contribution is 0.385. The lowest BCUT2D eigenvalue weighted by atomic mass is 10.0. The van der Waals surface area contributed by atoms with Crippen LogP contribution in [0.2, 0.25) is 0 Å². The van der Waals surface area contributed by atoms with Crippen molar-refractivity contribution in [1.29, 1.82) is 0 Å². The molecule has 0 radical (unpaired) electrons. The molecule has 19 heavy (non-hydrogen) atoms. The number of hydrogen-bond donors (Lipinski definition) is 1. The Bertz CT molecular complexity index is 508. The first-order chi connectivity index (χ1) is 9.30. The lowest BCUT2D eigenvalue weighted by Gasteiger charge is -2.19. The van der Waals surface area contributed by atoms with Gasteiger partial charge in [0.25, 0.3) is 0 Å². The Morgan fingerprint density at radius 3 is 2.63 bits per heavy atom. The summed E-state index contributed by atoms with van der Waals surface area (Å²) in [5.74, 6) is 2.46. The van der Waals surface area contributed by atoms with E-state index in [1.165, 1.54) is 0 Å².